The summed E-state index contributed by atoms with van der Waals surface area (Å²) >= 11 is 5.70. The van der Waals surface area contributed by atoms with Crippen LogP contribution in [0.3, 0.4) is 0 Å². The number of ether oxygens (including phenoxy) is 1. The highest BCUT2D eigenvalue weighted by Gasteiger charge is 2.18. The van der Waals surface area contributed by atoms with Crippen LogP contribution in [0, 0.1) is 11.6 Å². The van der Waals surface area contributed by atoms with Gasteiger partial charge >= 0.3 is 5.97 Å². The van der Waals surface area contributed by atoms with Gasteiger partial charge < -0.3 is 10.1 Å². The molecule has 0 atom stereocenters. The second-order valence-corrected chi connectivity index (χ2v) is 4.61. The number of benzene rings is 2. The Hall–Kier alpha value is -2.47. The number of carbonyl (C=O) groups is 2. The molecule has 0 bridgehead atoms. The van der Waals surface area contributed by atoms with Crippen molar-refractivity contribution in [1.29, 1.82) is 0 Å². The fourth-order valence-corrected chi connectivity index (χ4v) is 1.89. The molecule has 0 aliphatic rings. The molecular weight excluding hydrogens is 316 g/mol. The first kappa shape index (κ1) is 15.9. The number of esters is 1. The van der Waals surface area contributed by atoms with Crippen molar-refractivity contribution in [3.05, 3.63) is 64.7 Å². The van der Waals surface area contributed by atoms with Crippen molar-refractivity contribution in [2.75, 3.05) is 11.9 Å². The van der Waals surface area contributed by atoms with Gasteiger partial charge in [-0.3, -0.25) is 4.79 Å². The van der Waals surface area contributed by atoms with Gasteiger partial charge in [0.25, 0.3) is 5.91 Å². The van der Waals surface area contributed by atoms with Gasteiger partial charge in [0.1, 0.15) is 17.2 Å². The van der Waals surface area contributed by atoms with Crippen molar-refractivity contribution in [2.24, 2.45) is 0 Å². The highest BCUT2D eigenvalue weighted by molar-refractivity contribution is 6.33. The Balaban J connectivity index is 1.97. The first-order valence-electron chi connectivity index (χ1n) is 6.14. The molecule has 0 aromatic heterocycles. The van der Waals surface area contributed by atoms with Crippen LogP contribution in [0.4, 0.5) is 14.5 Å². The molecule has 1 N–H and O–H groups in total. The van der Waals surface area contributed by atoms with Crippen LogP contribution in [-0.4, -0.2) is 18.5 Å². The van der Waals surface area contributed by atoms with Crippen molar-refractivity contribution in [3.63, 3.8) is 0 Å². The minimum Gasteiger partial charge on any atom is -0.452 e. The standard InChI is InChI=1S/C15H10ClF2NO3/c16-9-4-3-6-11(18)14(9)15(21)22-8-13(20)19-12-7-2-1-5-10(12)17/h1-7H,8H2,(H,19,20). The van der Waals surface area contributed by atoms with Crippen molar-refractivity contribution in [3.8, 4) is 0 Å². The minimum absolute atomic E-state index is 0.0486. The number of rotatable bonds is 4. The summed E-state index contributed by atoms with van der Waals surface area (Å²) in [6.45, 7) is -0.697. The summed E-state index contributed by atoms with van der Waals surface area (Å²) in [6.07, 6.45) is 0. The second kappa shape index (κ2) is 7.00. The smallest absolute Gasteiger partial charge is 0.343 e. The van der Waals surface area contributed by atoms with Crippen LogP contribution in [0.25, 0.3) is 0 Å². The number of hydrogen-bond donors (Lipinski definition) is 1. The lowest BCUT2D eigenvalue weighted by Gasteiger charge is -2.08. The summed E-state index contributed by atoms with van der Waals surface area (Å²) in [4.78, 5) is 23.3. The molecule has 0 heterocycles. The van der Waals surface area contributed by atoms with E-state index in [9.17, 15) is 18.4 Å². The Kier molecular flexibility index (Phi) is 5.06. The zero-order chi connectivity index (χ0) is 16.1. The molecule has 0 fully saturated rings. The van der Waals surface area contributed by atoms with Gasteiger partial charge in [-0.2, -0.15) is 0 Å². The molecule has 0 saturated heterocycles. The maximum atomic E-state index is 13.5. The molecule has 0 radical (unpaired) electrons. The zero-order valence-corrected chi connectivity index (χ0v) is 11.9. The molecule has 2 rings (SSSR count). The van der Waals surface area contributed by atoms with Crippen LogP contribution < -0.4 is 5.32 Å². The predicted molar refractivity (Wildman–Crippen MR) is 76.7 cm³/mol. The third-order valence-electron chi connectivity index (χ3n) is 2.65. The van der Waals surface area contributed by atoms with Crippen LogP contribution in [0.2, 0.25) is 5.02 Å². The van der Waals surface area contributed by atoms with Crippen molar-refractivity contribution < 1.29 is 23.1 Å². The van der Waals surface area contributed by atoms with Gasteiger partial charge in [-0.25, -0.2) is 13.6 Å². The molecule has 22 heavy (non-hydrogen) atoms. The van der Waals surface area contributed by atoms with Crippen LogP contribution in [0.15, 0.2) is 42.5 Å². The molecule has 0 unspecified atom stereocenters. The number of para-hydroxylation sites is 1. The lowest BCUT2D eigenvalue weighted by Crippen LogP contribution is -2.22. The van der Waals surface area contributed by atoms with Crippen LogP contribution in [0.1, 0.15) is 10.4 Å². The van der Waals surface area contributed by atoms with E-state index in [0.717, 1.165) is 6.07 Å². The fraction of sp³-hybridized carbons (Fsp3) is 0.0667. The Labute approximate surface area is 129 Å². The van der Waals surface area contributed by atoms with Gasteiger partial charge in [-0.15, -0.1) is 0 Å². The summed E-state index contributed by atoms with van der Waals surface area (Å²) in [6, 6.07) is 9.21. The molecule has 114 valence electrons. The van der Waals surface area contributed by atoms with E-state index in [-0.39, 0.29) is 10.7 Å². The van der Waals surface area contributed by atoms with Crippen molar-refractivity contribution >= 4 is 29.2 Å². The molecule has 0 aliphatic heterocycles. The number of amides is 1. The van der Waals surface area contributed by atoms with E-state index in [1.807, 2.05) is 0 Å². The maximum absolute atomic E-state index is 13.5. The summed E-state index contributed by atoms with van der Waals surface area (Å²) < 4.78 is 31.5. The Morgan fingerprint density at radius 1 is 1.05 bits per heavy atom. The van der Waals surface area contributed by atoms with Gasteiger partial charge in [-0.05, 0) is 24.3 Å². The van der Waals surface area contributed by atoms with Gasteiger partial charge in [0.15, 0.2) is 6.61 Å². The van der Waals surface area contributed by atoms with E-state index in [2.05, 4.69) is 10.1 Å². The lowest BCUT2D eigenvalue weighted by atomic mass is 10.2. The van der Waals surface area contributed by atoms with E-state index in [1.54, 1.807) is 0 Å². The average Bonchev–Trinajstić information content (AvgIpc) is 2.47. The summed E-state index contributed by atoms with van der Waals surface area (Å²) in [5, 5.41) is 2.10. The van der Waals surface area contributed by atoms with Crippen molar-refractivity contribution in [1.82, 2.24) is 0 Å². The summed E-state index contributed by atoms with van der Waals surface area (Å²) in [7, 11) is 0. The first-order valence-corrected chi connectivity index (χ1v) is 6.52. The SMILES string of the molecule is O=C(COC(=O)c1c(F)cccc1Cl)Nc1ccccc1F. The van der Waals surface area contributed by atoms with E-state index < -0.39 is 35.7 Å². The third-order valence-corrected chi connectivity index (χ3v) is 2.96. The summed E-state index contributed by atoms with van der Waals surface area (Å²) in [5.74, 6) is -3.32. The van der Waals surface area contributed by atoms with E-state index in [1.165, 1.54) is 36.4 Å². The lowest BCUT2D eigenvalue weighted by molar-refractivity contribution is -0.119. The van der Waals surface area contributed by atoms with Crippen LogP contribution in [0.5, 0.6) is 0 Å². The van der Waals surface area contributed by atoms with E-state index in [4.69, 9.17) is 11.6 Å². The van der Waals surface area contributed by atoms with E-state index >= 15 is 0 Å². The Morgan fingerprint density at radius 2 is 1.73 bits per heavy atom. The van der Waals surface area contributed by atoms with Gasteiger partial charge in [0.2, 0.25) is 0 Å². The predicted octanol–water partition coefficient (Wildman–Crippen LogP) is 3.41. The van der Waals surface area contributed by atoms with Crippen LogP contribution in [-0.2, 0) is 9.53 Å². The first-order chi connectivity index (χ1) is 10.5. The molecule has 1 amide bonds. The molecule has 7 heteroatoms. The highest BCUT2D eigenvalue weighted by Crippen LogP contribution is 2.20. The number of nitrogens with one attached hydrogen (secondary N) is 1. The fourth-order valence-electron chi connectivity index (χ4n) is 1.64. The van der Waals surface area contributed by atoms with Gasteiger partial charge in [0.05, 0.1) is 10.7 Å². The normalized spacial score (nSPS) is 10.1. The molecular formula is C15H10ClF2NO3. The molecule has 0 saturated carbocycles. The van der Waals surface area contributed by atoms with Crippen molar-refractivity contribution in [2.45, 2.75) is 0 Å². The van der Waals surface area contributed by atoms with Gasteiger partial charge in [0, 0.05) is 0 Å². The molecule has 0 spiro atoms. The third kappa shape index (κ3) is 3.79. The average molecular weight is 326 g/mol. The topological polar surface area (TPSA) is 55.4 Å². The largest absolute Gasteiger partial charge is 0.452 e. The number of carbonyl (C=O) groups excluding carboxylic acids is 2. The minimum atomic E-state index is -1.08. The molecule has 2 aromatic carbocycles. The highest BCUT2D eigenvalue weighted by atomic mass is 35.5. The Bertz CT molecular complexity index is 701. The number of hydrogen-bond acceptors (Lipinski definition) is 3. The molecule has 2 aromatic rings. The molecule has 4 nitrogen and oxygen atoms in total. The molecule has 0 aliphatic carbocycles. The number of anilines is 1. The number of halogens is 3. The Morgan fingerprint density at radius 3 is 2.41 bits per heavy atom. The van der Waals surface area contributed by atoms with Gasteiger partial charge in [-0.1, -0.05) is 29.8 Å². The van der Waals surface area contributed by atoms with E-state index in [0.29, 0.717) is 0 Å². The monoisotopic (exact) mass is 325 g/mol. The van der Waals surface area contributed by atoms with Crippen LogP contribution >= 0.6 is 11.6 Å². The maximum Gasteiger partial charge on any atom is 0.343 e. The quantitative estimate of drug-likeness (QED) is 0.876. The summed E-state index contributed by atoms with van der Waals surface area (Å²) in [5.41, 5.74) is -0.504. The zero-order valence-electron chi connectivity index (χ0n) is 11.1. The second-order valence-electron chi connectivity index (χ2n) is 4.20.